The summed E-state index contributed by atoms with van der Waals surface area (Å²) in [6, 6.07) is 0. The molecule has 118 valence electrons. The van der Waals surface area contributed by atoms with E-state index in [0.717, 1.165) is 38.5 Å². The smallest absolute Gasteiger partial charge is 0.249 e. The van der Waals surface area contributed by atoms with Gasteiger partial charge in [0.25, 0.3) is 0 Å². The molecule has 1 fully saturated rings. The number of nitrogens with one attached hydrogen (secondary N) is 1. The number of hydrogen-bond acceptors (Lipinski definition) is 2. The maximum absolute atomic E-state index is 12.3. The van der Waals surface area contributed by atoms with E-state index in [0.29, 0.717) is 0 Å². The second kappa shape index (κ2) is 6.93. The molecular weight excluding hydrogens is 250 g/mol. The third-order valence-electron chi connectivity index (χ3n) is 4.70. The summed E-state index contributed by atoms with van der Waals surface area (Å²) in [5.74, 6) is -0.0347. The second-order valence-corrected chi connectivity index (χ2v) is 7.91. The summed E-state index contributed by atoms with van der Waals surface area (Å²) >= 11 is 0. The van der Waals surface area contributed by atoms with Gasteiger partial charge in [-0.05, 0) is 44.4 Å². The van der Waals surface area contributed by atoms with Crippen LogP contribution in [0.5, 0.6) is 0 Å². The first-order chi connectivity index (χ1) is 9.17. The Morgan fingerprint density at radius 1 is 1.20 bits per heavy atom. The van der Waals surface area contributed by atoms with E-state index >= 15 is 0 Å². The predicted octanol–water partition coefficient (Wildman–Crippen LogP) is 3.65. The Morgan fingerprint density at radius 2 is 1.75 bits per heavy atom. The molecule has 3 nitrogen and oxygen atoms in total. The maximum Gasteiger partial charge on any atom is 0.249 e. The Morgan fingerprint density at radius 3 is 2.25 bits per heavy atom. The standard InChI is InChI=1S/C17H33NO2/c1-6-16(2,3)12-17(4,5)18-15(20)14(19)13-10-8-7-9-11-13/h13-14,19H,6-12H2,1-5H3,(H,18,20). The van der Waals surface area contributed by atoms with Crippen LogP contribution in [0, 0.1) is 11.3 Å². The van der Waals surface area contributed by atoms with Gasteiger partial charge in [0.05, 0.1) is 0 Å². The second-order valence-electron chi connectivity index (χ2n) is 7.91. The Hall–Kier alpha value is -0.570. The third-order valence-corrected chi connectivity index (χ3v) is 4.70. The molecule has 0 spiro atoms. The highest BCUT2D eigenvalue weighted by Crippen LogP contribution is 2.31. The van der Waals surface area contributed by atoms with Crippen LogP contribution in [0.25, 0.3) is 0 Å². The van der Waals surface area contributed by atoms with Gasteiger partial charge in [-0.25, -0.2) is 0 Å². The van der Waals surface area contributed by atoms with Gasteiger partial charge in [0.1, 0.15) is 6.10 Å². The summed E-state index contributed by atoms with van der Waals surface area (Å²) in [4.78, 5) is 12.3. The first kappa shape index (κ1) is 17.5. The van der Waals surface area contributed by atoms with Crippen LogP contribution in [0.4, 0.5) is 0 Å². The lowest BCUT2D eigenvalue weighted by molar-refractivity contribution is -0.134. The van der Waals surface area contributed by atoms with Gasteiger partial charge in [-0.2, -0.15) is 0 Å². The molecule has 1 amide bonds. The van der Waals surface area contributed by atoms with E-state index in [1.165, 1.54) is 6.42 Å². The van der Waals surface area contributed by atoms with Gasteiger partial charge in [0.2, 0.25) is 5.91 Å². The van der Waals surface area contributed by atoms with Gasteiger partial charge in [-0.15, -0.1) is 0 Å². The van der Waals surface area contributed by atoms with Crippen molar-refractivity contribution in [3.05, 3.63) is 0 Å². The maximum atomic E-state index is 12.3. The van der Waals surface area contributed by atoms with Gasteiger partial charge in [0.15, 0.2) is 0 Å². The van der Waals surface area contributed by atoms with Crippen molar-refractivity contribution < 1.29 is 9.90 Å². The minimum absolute atomic E-state index is 0.152. The van der Waals surface area contributed by atoms with E-state index in [9.17, 15) is 9.90 Å². The number of aliphatic hydroxyl groups is 1. The number of amides is 1. The zero-order valence-electron chi connectivity index (χ0n) is 14.0. The van der Waals surface area contributed by atoms with E-state index in [4.69, 9.17) is 0 Å². The summed E-state index contributed by atoms with van der Waals surface area (Å²) in [5, 5.41) is 13.3. The molecule has 1 atom stereocenters. The van der Waals surface area contributed by atoms with Gasteiger partial charge in [-0.1, -0.05) is 46.5 Å². The van der Waals surface area contributed by atoms with Crippen LogP contribution in [0.2, 0.25) is 0 Å². The fourth-order valence-corrected chi connectivity index (χ4v) is 3.44. The van der Waals surface area contributed by atoms with Crippen LogP contribution in [0.3, 0.4) is 0 Å². The quantitative estimate of drug-likeness (QED) is 0.781. The van der Waals surface area contributed by atoms with Crippen LogP contribution in [0.15, 0.2) is 0 Å². The number of carbonyl (C=O) groups is 1. The van der Waals surface area contributed by atoms with Crippen LogP contribution in [-0.4, -0.2) is 22.7 Å². The summed E-state index contributed by atoms with van der Waals surface area (Å²) < 4.78 is 0. The molecule has 1 aliphatic carbocycles. The monoisotopic (exact) mass is 283 g/mol. The van der Waals surface area contributed by atoms with Gasteiger partial charge >= 0.3 is 0 Å². The molecule has 0 heterocycles. The molecule has 0 bridgehead atoms. The van der Waals surface area contributed by atoms with Crippen LogP contribution >= 0.6 is 0 Å². The van der Waals surface area contributed by atoms with Crippen molar-refractivity contribution in [2.24, 2.45) is 11.3 Å². The molecule has 0 saturated heterocycles. The highest BCUT2D eigenvalue weighted by Gasteiger charge is 2.33. The highest BCUT2D eigenvalue weighted by atomic mass is 16.3. The summed E-state index contributed by atoms with van der Waals surface area (Å²) in [7, 11) is 0. The normalized spacial score (nSPS) is 19.7. The molecule has 20 heavy (non-hydrogen) atoms. The molecule has 1 rings (SSSR count). The van der Waals surface area contributed by atoms with Crippen molar-refractivity contribution in [3.8, 4) is 0 Å². The molecule has 0 aromatic carbocycles. The lowest BCUT2D eigenvalue weighted by Gasteiger charge is -2.36. The van der Waals surface area contributed by atoms with Crippen LogP contribution in [-0.2, 0) is 4.79 Å². The zero-order valence-corrected chi connectivity index (χ0v) is 14.0. The minimum atomic E-state index is -0.834. The van der Waals surface area contributed by atoms with E-state index in [-0.39, 0.29) is 22.8 Å². The molecule has 0 aromatic heterocycles. The van der Waals surface area contributed by atoms with Crippen molar-refractivity contribution in [2.45, 2.75) is 91.2 Å². The molecule has 0 aliphatic heterocycles. The largest absolute Gasteiger partial charge is 0.383 e. The number of carbonyl (C=O) groups excluding carboxylic acids is 1. The van der Waals surface area contributed by atoms with E-state index in [1.807, 2.05) is 0 Å². The SMILES string of the molecule is CCC(C)(C)CC(C)(C)NC(=O)C(O)C1CCCCC1. The van der Waals surface area contributed by atoms with Crippen molar-refractivity contribution >= 4 is 5.91 Å². The molecule has 1 saturated carbocycles. The van der Waals surface area contributed by atoms with Crippen molar-refractivity contribution in [1.29, 1.82) is 0 Å². The molecule has 1 aliphatic rings. The lowest BCUT2D eigenvalue weighted by Crippen LogP contribution is -2.51. The fourth-order valence-electron chi connectivity index (χ4n) is 3.44. The van der Waals surface area contributed by atoms with Gasteiger partial charge in [0, 0.05) is 5.54 Å². The molecule has 3 heteroatoms. The van der Waals surface area contributed by atoms with E-state index < -0.39 is 6.10 Å². The van der Waals surface area contributed by atoms with Crippen molar-refractivity contribution in [1.82, 2.24) is 5.32 Å². The molecule has 2 N–H and O–H groups in total. The van der Waals surface area contributed by atoms with Crippen molar-refractivity contribution in [3.63, 3.8) is 0 Å². The molecule has 0 radical (unpaired) electrons. The first-order valence-corrected chi connectivity index (χ1v) is 8.17. The third kappa shape index (κ3) is 5.43. The van der Waals surface area contributed by atoms with Crippen molar-refractivity contribution in [2.75, 3.05) is 0 Å². The Bertz CT molecular complexity index is 317. The van der Waals surface area contributed by atoms with E-state index in [2.05, 4.69) is 39.9 Å². The summed E-state index contributed by atoms with van der Waals surface area (Å²) in [6.07, 6.45) is 6.64. The topological polar surface area (TPSA) is 49.3 Å². The lowest BCUT2D eigenvalue weighted by atomic mass is 9.78. The average Bonchev–Trinajstić information content (AvgIpc) is 2.37. The average molecular weight is 283 g/mol. The molecular formula is C17H33NO2. The number of rotatable bonds is 6. The fraction of sp³-hybridized carbons (Fsp3) is 0.941. The first-order valence-electron chi connectivity index (χ1n) is 8.17. The van der Waals surface area contributed by atoms with Gasteiger partial charge in [-0.3, -0.25) is 4.79 Å². The Balaban J connectivity index is 2.54. The van der Waals surface area contributed by atoms with Crippen LogP contribution < -0.4 is 5.32 Å². The van der Waals surface area contributed by atoms with E-state index in [1.54, 1.807) is 0 Å². The molecule has 0 aromatic rings. The summed E-state index contributed by atoms with van der Waals surface area (Å²) in [5.41, 5.74) is -0.0706. The highest BCUT2D eigenvalue weighted by molar-refractivity contribution is 5.81. The molecule has 1 unspecified atom stereocenters. The van der Waals surface area contributed by atoms with Gasteiger partial charge < -0.3 is 10.4 Å². The minimum Gasteiger partial charge on any atom is -0.383 e. The zero-order chi connectivity index (χ0) is 15.4. The number of aliphatic hydroxyl groups excluding tert-OH is 1. The van der Waals surface area contributed by atoms with Crippen LogP contribution in [0.1, 0.15) is 79.6 Å². The number of hydrogen-bond donors (Lipinski definition) is 2. The Kier molecular flexibility index (Phi) is 6.06. The predicted molar refractivity (Wildman–Crippen MR) is 83.5 cm³/mol. The Labute approximate surface area is 124 Å². The summed E-state index contributed by atoms with van der Waals surface area (Å²) in [6.45, 7) is 10.7.